The SMILES string of the molecule is CC(C)(C)OC(=O)NCCO/N=C(\c1ccc(Cl)c(Cl)c1)c1cc2ccncc2[nH]1. The van der Waals surface area contributed by atoms with Crippen molar-refractivity contribution in [3.05, 3.63) is 64.0 Å². The summed E-state index contributed by atoms with van der Waals surface area (Å²) in [7, 11) is 0. The summed E-state index contributed by atoms with van der Waals surface area (Å²) in [6, 6.07) is 9.06. The molecule has 0 aliphatic rings. The van der Waals surface area contributed by atoms with E-state index in [1.54, 1.807) is 51.4 Å². The Bertz CT molecular complexity index is 1040. The zero-order valence-corrected chi connectivity index (χ0v) is 18.3. The predicted octanol–water partition coefficient (Wildman–Crippen LogP) is 5.16. The van der Waals surface area contributed by atoms with Crippen molar-refractivity contribution in [3.63, 3.8) is 0 Å². The van der Waals surface area contributed by atoms with Gasteiger partial charge >= 0.3 is 6.09 Å². The smallest absolute Gasteiger partial charge is 0.407 e. The van der Waals surface area contributed by atoms with Crippen LogP contribution in [0.25, 0.3) is 10.9 Å². The molecule has 0 radical (unpaired) electrons. The van der Waals surface area contributed by atoms with Crippen LogP contribution in [0.4, 0.5) is 4.79 Å². The van der Waals surface area contributed by atoms with Gasteiger partial charge in [-0.05, 0) is 45.0 Å². The minimum Gasteiger partial charge on any atom is -0.444 e. The van der Waals surface area contributed by atoms with Gasteiger partial charge in [0, 0.05) is 17.1 Å². The summed E-state index contributed by atoms with van der Waals surface area (Å²) in [6.45, 7) is 5.79. The number of aromatic amines is 1. The van der Waals surface area contributed by atoms with Crippen molar-refractivity contribution in [2.24, 2.45) is 5.16 Å². The van der Waals surface area contributed by atoms with Gasteiger partial charge in [0.25, 0.3) is 0 Å². The second kappa shape index (κ2) is 9.36. The third kappa shape index (κ3) is 5.87. The van der Waals surface area contributed by atoms with Gasteiger partial charge in [-0.1, -0.05) is 34.4 Å². The Morgan fingerprint density at radius 2 is 2.00 bits per heavy atom. The van der Waals surface area contributed by atoms with Crippen molar-refractivity contribution >= 4 is 45.9 Å². The highest BCUT2D eigenvalue weighted by Gasteiger charge is 2.16. The maximum atomic E-state index is 11.7. The molecule has 0 spiro atoms. The minimum atomic E-state index is -0.561. The van der Waals surface area contributed by atoms with E-state index in [-0.39, 0.29) is 13.2 Å². The lowest BCUT2D eigenvalue weighted by molar-refractivity contribution is 0.0502. The van der Waals surface area contributed by atoms with Gasteiger partial charge in [-0.15, -0.1) is 0 Å². The highest BCUT2D eigenvalue weighted by molar-refractivity contribution is 6.42. The number of hydrogen-bond acceptors (Lipinski definition) is 5. The van der Waals surface area contributed by atoms with Crippen molar-refractivity contribution in [1.29, 1.82) is 0 Å². The average molecular weight is 449 g/mol. The van der Waals surface area contributed by atoms with E-state index in [1.807, 2.05) is 12.1 Å². The molecule has 158 valence electrons. The fraction of sp³-hybridized carbons (Fsp3) is 0.286. The fourth-order valence-corrected chi connectivity index (χ4v) is 2.92. The van der Waals surface area contributed by atoms with Crippen LogP contribution in [-0.2, 0) is 9.57 Å². The van der Waals surface area contributed by atoms with Crippen LogP contribution in [0.1, 0.15) is 32.0 Å². The molecular formula is C21H22Cl2N4O3. The van der Waals surface area contributed by atoms with Crippen LogP contribution in [0.15, 0.2) is 47.9 Å². The third-order valence-electron chi connectivity index (χ3n) is 3.89. The Morgan fingerprint density at radius 3 is 2.70 bits per heavy atom. The number of benzene rings is 1. The molecule has 30 heavy (non-hydrogen) atoms. The normalized spacial score (nSPS) is 12.1. The van der Waals surface area contributed by atoms with Gasteiger partial charge < -0.3 is 19.9 Å². The summed E-state index contributed by atoms with van der Waals surface area (Å²) in [5, 5.41) is 8.73. The number of H-pyrrole nitrogens is 1. The maximum absolute atomic E-state index is 11.7. The van der Waals surface area contributed by atoms with E-state index in [0.717, 1.165) is 22.2 Å². The quantitative estimate of drug-likeness (QED) is 0.309. The number of aromatic nitrogens is 2. The van der Waals surface area contributed by atoms with Crippen LogP contribution in [0.3, 0.4) is 0 Å². The molecule has 0 unspecified atom stereocenters. The van der Waals surface area contributed by atoms with E-state index >= 15 is 0 Å². The van der Waals surface area contributed by atoms with Crippen LogP contribution in [0.2, 0.25) is 10.0 Å². The molecule has 0 bridgehead atoms. The molecule has 2 aromatic heterocycles. The molecular weight excluding hydrogens is 427 g/mol. The predicted molar refractivity (Wildman–Crippen MR) is 118 cm³/mol. The molecule has 1 amide bonds. The first-order valence-electron chi connectivity index (χ1n) is 9.28. The number of hydrogen-bond donors (Lipinski definition) is 2. The van der Waals surface area contributed by atoms with Gasteiger partial charge in [0.05, 0.1) is 34.0 Å². The van der Waals surface area contributed by atoms with E-state index < -0.39 is 11.7 Å². The molecule has 0 fully saturated rings. The second-order valence-corrected chi connectivity index (χ2v) is 8.29. The van der Waals surface area contributed by atoms with Gasteiger partial charge in [-0.25, -0.2) is 4.79 Å². The van der Waals surface area contributed by atoms with E-state index in [0.29, 0.717) is 15.8 Å². The first-order chi connectivity index (χ1) is 14.2. The lowest BCUT2D eigenvalue weighted by Crippen LogP contribution is -2.34. The maximum Gasteiger partial charge on any atom is 0.407 e. The summed E-state index contributed by atoms with van der Waals surface area (Å²) < 4.78 is 5.18. The van der Waals surface area contributed by atoms with E-state index in [1.165, 1.54) is 0 Å². The number of carbonyl (C=O) groups excluding carboxylic acids is 1. The first-order valence-corrected chi connectivity index (χ1v) is 10.0. The highest BCUT2D eigenvalue weighted by atomic mass is 35.5. The molecule has 3 aromatic rings. The number of alkyl carbamates (subject to hydrolysis) is 1. The molecule has 7 nitrogen and oxygen atoms in total. The summed E-state index contributed by atoms with van der Waals surface area (Å²) in [6.07, 6.45) is 2.94. The van der Waals surface area contributed by atoms with Crippen molar-refractivity contribution in [1.82, 2.24) is 15.3 Å². The van der Waals surface area contributed by atoms with Gasteiger partial charge in [0.1, 0.15) is 17.9 Å². The Balaban J connectivity index is 1.76. The molecule has 3 rings (SSSR count). The number of halogens is 2. The number of nitrogens with zero attached hydrogens (tertiary/aromatic N) is 2. The fourth-order valence-electron chi connectivity index (χ4n) is 2.62. The number of carbonyl (C=O) groups is 1. The van der Waals surface area contributed by atoms with Crippen LogP contribution < -0.4 is 5.32 Å². The van der Waals surface area contributed by atoms with Gasteiger partial charge in [0.15, 0.2) is 0 Å². The van der Waals surface area contributed by atoms with Gasteiger partial charge in [-0.3, -0.25) is 4.98 Å². The molecule has 0 aliphatic heterocycles. The zero-order valence-electron chi connectivity index (χ0n) is 16.8. The topological polar surface area (TPSA) is 88.6 Å². The van der Waals surface area contributed by atoms with E-state index in [2.05, 4.69) is 20.4 Å². The first kappa shape index (κ1) is 21.9. The molecule has 2 N–H and O–H groups in total. The monoisotopic (exact) mass is 448 g/mol. The van der Waals surface area contributed by atoms with Crippen LogP contribution in [0, 0.1) is 0 Å². The Morgan fingerprint density at radius 1 is 1.20 bits per heavy atom. The molecule has 0 aliphatic carbocycles. The van der Waals surface area contributed by atoms with Gasteiger partial charge in [0.2, 0.25) is 0 Å². The highest BCUT2D eigenvalue weighted by Crippen LogP contribution is 2.25. The summed E-state index contributed by atoms with van der Waals surface area (Å²) >= 11 is 12.2. The molecule has 0 atom stereocenters. The lowest BCUT2D eigenvalue weighted by Gasteiger charge is -2.19. The zero-order chi connectivity index (χ0) is 21.7. The van der Waals surface area contributed by atoms with Crippen LogP contribution in [-0.4, -0.2) is 40.5 Å². The number of amides is 1. The van der Waals surface area contributed by atoms with Crippen molar-refractivity contribution in [2.75, 3.05) is 13.2 Å². The van der Waals surface area contributed by atoms with Crippen molar-refractivity contribution in [2.45, 2.75) is 26.4 Å². The number of ether oxygens (including phenoxy) is 1. The largest absolute Gasteiger partial charge is 0.444 e. The molecule has 0 saturated carbocycles. The van der Waals surface area contributed by atoms with Crippen LogP contribution >= 0.6 is 23.2 Å². The Hall–Kier alpha value is -2.77. The molecule has 1 aromatic carbocycles. The summed E-state index contributed by atoms with van der Waals surface area (Å²) in [5.41, 5.74) is 2.31. The van der Waals surface area contributed by atoms with Crippen LogP contribution in [0.5, 0.6) is 0 Å². The third-order valence-corrected chi connectivity index (χ3v) is 4.63. The van der Waals surface area contributed by atoms with E-state index in [9.17, 15) is 4.79 Å². The number of nitrogens with one attached hydrogen (secondary N) is 2. The molecule has 2 heterocycles. The molecule has 0 saturated heterocycles. The number of fused-ring (bicyclic) bond motifs is 1. The average Bonchev–Trinajstić information content (AvgIpc) is 3.09. The standard InChI is InChI=1S/C21H22Cl2N4O3/c1-21(2,3)30-20(28)25-8-9-29-27-19(14-4-5-15(22)16(23)10-14)17-11-13-6-7-24-12-18(13)26-17/h4-7,10-12,26H,8-9H2,1-3H3,(H,25,28)/b27-19+. The number of oxime groups is 1. The van der Waals surface area contributed by atoms with Gasteiger partial charge in [-0.2, -0.15) is 0 Å². The lowest BCUT2D eigenvalue weighted by atomic mass is 10.1. The second-order valence-electron chi connectivity index (χ2n) is 7.48. The summed E-state index contributed by atoms with van der Waals surface area (Å²) in [4.78, 5) is 24.6. The molecule has 9 heteroatoms. The Labute approximate surface area is 184 Å². The minimum absolute atomic E-state index is 0.159. The number of rotatable bonds is 6. The van der Waals surface area contributed by atoms with Crippen molar-refractivity contribution < 1.29 is 14.4 Å². The Kier molecular flexibility index (Phi) is 6.84. The number of pyridine rings is 1. The van der Waals surface area contributed by atoms with Crippen molar-refractivity contribution in [3.8, 4) is 0 Å². The summed E-state index contributed by atoms with van der Waals surface area (Å²) in [5.74, 6) is 0. The van der Waals surface area contributed by atoms with E-state index in [4.69, 9.17) is 32.8 Å².